The van der Waals surface area contributed by atoms with Crippen LogP contribution >= 0.6 is 12.4 Å². The molecule has 2 aromatic carbocycles. The number of rotatable bonds is 5. The summed E-state index contributed by atoms with van der Waals surface area (Å²) in [5.41, 5.74) is 2.27. The van der Waals surface area contributed by atoms with Crippen LogP contribution in [0.1, 0.15) is 24.0 Å². The standard InChI is InChI=1S/C22H23F3N4O.ClH/c1-29-20(13-27-28-29)19-11-17(22(23,24)25)10-16(14-30-18-8-5-9-26-12-18)21(19)15-6-3-2-4-7-15;/h2-4,6-7,10-11,13,18,26H,5,8-9,12,14H2,1H3;1H. The second-order valence-corrected chi connectivity index (χ2v) is 7.44. The molecule has 9 heteroatoms. The minimum Gasteiger partial charge on any atom is -0.372 e. The summed E-state index contributed by atoms with van der Waals surface area (Å²) in [6, 6.07) is 11.8. The van der Waals surface area contributed by atoms with Crippen molar-refractivity contribution >= 4 is 12.4 Å². The van der Waals surface area contributed by atoms with E-state index in [0.29, 0.717) is 28.9 Å². The number of hydrogen-bond acceptors (Lipinski definition) is 4. The Kier molecular flexibility index (Phi) is 7.35. The summed E-state index contributed by atoms with van der Waals surface area (Å²) in [5.74, 6) is 0. The zero-order valence-electron chi connectivity index (χ0n) is 17.0. The predicted octanol–water partition coefficient (Wildman–Crippen LogP) is 4.86. The number of ether oxygens (including phenoxy) is 1. The molecule has 166 valence electrons. The van der Waals surface area contributed by atoms with Gasteiger partial charge in [-0.25, -0.2) is 4.68 Å². The molecule has 2 heterocycles. The zero-order valence-corrected chi connectivity index (χ0v) is 17.8. The molecule has 1 fully saturated rings. The molecule has 1 N–H and O–H groups in total. The Balaban J connectivity index is 0.00000272. The van der Waals surface area contributed by atoms with Crippen LogP contribution < -0.4 is 5.32 Å². The molecule has 0 spiro atoms. The van der Waals surface area contributed by atoms with Crippen molar-refractivity contribution < 1.29 is 17.9 Å². The molecule has 0 saturated carbocycles. The highest BCUT2D eigenvalue weighted by Crippen LogP contribution is 2.40. The highest BCUT2D eigenvalue weighted by molar-refractivity contribution is 5.85. The third-order valence-electron chi connectivity index (χ3n) is 5.33. The molecule has 31 heavy (non-hydrogen) atoms. The van der Waals surface area contributed by atoms with Crippen LogP contribution in [-0.2, 0) is 24.6 Å². The first-order valence-electron chi connectivity index (χ1n) is 9.90. The maximum Gasteiger partial charge on any atom is 0.416 e. The fraction of sp³-hybridized carbons (Fsp3) is 0.364. The average Bonchev–Trinajstić information content (AvgIpc) is 3.18. The van der Waals surface area contributed by atoms with Gasteiger partial charge in [0.2, 0.25) is 0 Å². The third kappa shape index (κ3) is 5.26. The Hall–Kier alpha value is -2.42. The molecule has 0 radical (unpaired) electrons. The van der Waals surface area contributed by atoms with E-state index in [1.807, 2.05) is 30.3 Å². The van der Waals surface area contributed by atoms with E-state index in [0.717, 1.165) is 24.9 Å². The van der Waals surface area contributed by atoms with Gasteiger partial charge in [0, 0.05) is 19.2 Å². The van der Waals surface area contributed by atoms with Crippen molar-refractivity contribution in [2.75, 3.05) is 13.1 Å². The second-order valence-electron chi connectivity index (χ2n) is 7.44. The lowest BCUT2D eigenvalue weighted by Crippen LogP contribution is -2.35. The van der Waals surface area contributed by atoms with Gasteiger partial charge in [0.25, 0.3) is 0 Å². The van der Waals surface area contributed by atoms with E-state index in [1.54, 1.807) is 7.05 Å². The maximum absolute atomic E-state index is 13.7. The van der Waals surface area contributed by atoms with Gasteiger partial charge in [-0.1, -0.05) is 35.5 Å². The van der Waals surface area contributed by atoms with Crippen LogP contribution in [0.25, 0.3) is 22.4 Å². The molecule has 1 aliphatic rings. The molecular formula is C22H24ClF3N4O. The van der Waals surface area contributed by atoms with E-state index in [1.165, 1.54) is 23.0 Å². The third-order valence-corrected chi connectivity index (χ3v) is 5.33. The number of halogens is 4. The van der Waals surface area contributed by atoms with Crippen LogP contribution in [0.3, 0.4) is 0 Å². The van der Waals surface area contributed by atoms with Crippen molar-refractivity contribution in [3.63, 3.8) is 0 Å². The van der Waals surface area contributed by atoms with Crippen LogP contribution in [0.4, 0.5) is 13.2 Å². The minimum absolute atomic E-state index is 0. The van der Waals surface area contributed by atoms with Crippen LogP contribution in [0.2, 0.25) is 0 Å². The monoisotopic (exact) mass is 452 g/mol. The molecule has 5 nitrogen and oxygen atoms in total. The van der Waals surface area contributed by atoms with Gasteiger partial charge in [-0.3, -0.25) is 0 Å². The number of hydrogen-bond donors (Lipinski definition) is 1. The molecule has 0 bridgehead atoms. The lowest BCUT2D eigenvalue weighted by molar-refractivity contribution is -0.137. The summed E-state index contributed by atoms with van der Waals surface area (Å²) in [6.45, 7) is 1.74. The molecular weight excluding hydrogens is 429 g/mol. The zero-order chi connectivity index (χ0) is 21.1. The molecule has 1 unspecified atom stereocenters. The van der Waals surface area contributed by atoms with Gasteiger partial charge in [0.1, 0.15) is 0 Å². The normalized spacial score (nSPS) is 16.7. The smallest absolute Gasteiger partial charge is 0.372 e. The summed E-state index contributed by atoms with van der Waals surface area (Å²) in [4.78, 5) is 0. The Labute approximate surface area is 185 Å². The van der Waals surface area contributed by atoms with Gasteiger partial charge >= 0.3 is 6.18 Å². The van der Waals surface area contributed by atoms with Gasteiger partial charge < -0.3 is 10.1 Å². The van der Waals surface area contributed by atoms with Crippen molar-refractivity contribution in [3.05, 3.63) is 59.8 Å². The Morgan fingerprint density at radius 3 is 2.58 bits per heavy atom. The van der Waals surface area contributed by atoms with Crippen LogP contribution in [0, 0.1) is 0 Å². The van der Waals surface area contributed by atoms with Crippen LogP contribution in [0.15, 0.2) is 48.7 Å². The quantitative estimate of drug-likeness (QED) is 0.600. The van der Waals surface area contributed by atoms with Crippen molar-refractivity contribution in [3.8, 4) is 22.4 Å². The lowest BCUT2D eigenvalue weighted by atomic mass is 9.90. The Bertz CT molecular complexity index is 1000. The van der Waals surface area contributed by atoms with E-state index >= 15 is 0 Å². The number of piperidine rings is 1. The average molecular weight is 453 g/mol. The van der Waals surface area contributed by atoms with E-state index in [2.05, 4.69) is 15.6 Å². The Morgan fingerprint density at radius 2 is 1.97 bits per heavy atom. The first-order valence-corrected chi connectivity index (χ1v) is 9.90. The number of nitrogens with zero attached hydrogens (tertiary/aromatic N) is 3. The number of aryl methyl sites for hydroxylation is 1. The largest absolute Gasteiger partial charge is 0.416 e. The summed E-state index contributed by atoms with van der Waals surface area (Å²) in [6.07, 6.45) is -1.12. The molecule has 1 aromatic heterocycles. The van der Waals surface area contributed by atoms with Gasteiger partial charge in [0.05, 0.1) is 30.2 Å². The molecule has 1 atom stereocenters. The summed E-state index contributed by atoms with van der Waals surface area (Å²) in [5, 5.41) is 11.1. The predicted molar refractivity (Wildman–Crippen MR) is 115 cm³/mol. The van der Waals surface area contributed by atoms with E-state index in [4.69, 9.17) is 4.74 Å². The van der Waals surface area contributed by atoms with E-state index in [9.17, 15) is 13.2 Å². The summed E-state index contributed by atoms with van der Waals surface area (Å²) in [7, 11) is 1.67. The molecule has 0 aliphatic carbocycles. The highest BCUT2D eigenvalue weighted by atomic mass is 35.5. The van der Waals surface area contributed by atoms with Gasteiger partial charge in [-0.15, -0.1) is 17.5 Å². The van der Waals surface area contributed by atoms with Gasteiger partial charge in [0.15, 0.2) is 0 Å². The van der Waals surface area contributed by atoms with Crippen molar-refractivity contribution in [2.45, 2.75) is 31.7 Å². The summed E-state index contributed by atoms with van der Waals surface area (Å²) >= 11 is 0. The number of benzene rings is 2. The fourth-order valence-electron chi connectivity index (χ4n) is 3.83. The fourth-order valence-corrected chi connectivity index (χ4v) is 3.83. The highest BCUT2D eigenvalue weighted by Gasteiger charge is 2.33. The van der Waals surface area contributed by atoms with Gasteiger partial charge in [-0.2, -0.15) is 13.2 Å². The molecule has 3 aromatic rings. The minimum atomic E-state index is -4.48. The number of aromatic nitrogens is 3. The topological polar surface area (TPSA) is 52.0 Å². The molecule has 1 saturated heterocycles. The summed E-state index contributed by atoms with van der Waals surface area (Å²) < 4.78 is 48.7. The Morgan fingerprint density at radius 1 is 1.19 bits per heavy atom. The number of nitrogens with one attached hydrogen (secondary N) is 1. The maximum atomic E-state index is 13.7. The van der Waals surface area contributed by atoms with E-state index < -0.39 is 11.7 Å². The van der Waals surface area contributed by atoms with Crippen molar-refractivity contribution in [2.24, 2.45) is 7.05 Å². The molecule has 1 aliphatic heterocycles. The second kappa shape index (κ2) is 9.80. The molecule has 0 amide bonds. The number of alkyl halides is 3. The first kappa shape index (κ1) is 23.2. The van der Waals surface area contributed by atoms with Crippen LogP contribution in [-0.4, -0.2) is 34.2 Å². The molecule has 4 rings (SSSR count). The van der Waals surface area contributed by atoms with Crippen LogP contribution in [0.5, 0.6) is 0 Å². The van der Waals surface area contributed by atoms with Crippen molar-refractivity contribution in [1.29, 1.82) is 0 Å². The lowest BCUT2D eigenvalue weighted by Gasteiger charge is -2.25. The van der Waals surface area contributed by atoms with E-state index in [-0.39, 0.29) is 25.1 Å². The van der Waals surface area contributed by atoms with Crippen molar-refractivity contribution in [1.82, 2.24) is 20.3 Å². The SMILES string of the molecule is Cl.Cn1nncc1-c1cc(C(F)(F)F)cc(COC2CCCNC2)c1-c1ccccc1. The first-order chi connectivity index (χ1) is 14.4. The van der Waals surface area contributed by atoms with Gasteiger partial charge in [-0.05, 0) is 48.2 Å².